The van der Waals surface area contributed by atoms with Crippen molar-refractivity contribution in [1.82, 2.24) is 19.5 Å². The van der Waals surface area contributed by atoms with Crippen molar-refractivity contribution in [2.24, 2.45) is 0 Å². The van der Waals surface area contributed by atoms with Crippen LogP contribution in [-0.2, 0) is 0 Å². The molecule has 0 saturated heterocycles. The highest BCUT2D eigenvalue weighted by Crippen LogP contribution is 2.37. The van der Waals surface area contributed by atoms with Crippen LogP contribution in [0.5, 0.6) is 0 Å². The normalized spacial score (nSPS) is 14.7. The van der Waals surface area contributed by atoms with E-state index in [1.165, 1.54) is 19.3 Å². The number of thiazole rings is 1. The van der Waals surface area contributed by atoms with Gasteiger partial charge < -0.3 is 9.67 Å². The Morgan fingerprint density at radius 2 is 1.77 bits per heavy atom. The Hall–Kier alpha value is -3.58. The number of carboxylic acids is 1. The highest BCUT2D eigenvalue weighted by Gasteiger charge is 2.23. The summed E-state index contributed by atoms with van der Waals surface area (Å²) in [7, 11) is 0. The Morgan fingerprint density at radius 1 is 0.943 bits per heavy atom. The molecule has 7 heteroatoms. The lowest BCUT2D eigenvalue weighted by Gasteiger charge is -2.25. The highest BCUT2D eigenvalue weighted by atomic mass is 32.1. The Kier molecular flexibility index (Phi) is 5.37. The molecule has 1 aliphatic rings. The summed E-state index contributed by atoms with van der Waals surface area (Å²) in [6, 6.07) is 16.1. The summed E-state index contributed by atoms with van der Waals surface area (Å²) in [5.74, 6) is -0.0334. The summed E-state index contributed by atoms with van der Waals surface area (Å²) in [5, 5.41) is 11.6. The lowest BCUT2D eigenvalue weighted by Crippen LogP contribution is -2.14. The van der Waals surface area contributed by atoms with E-state index in [9.17, 15) is 9.90 Å². The number of fused-ring (bicyclic) bond motifs is 2. The fourth-order valence-electron chi connectivity index (χ4n) is 5.30. The van der Waals surface area contributed by atoms with Crippen LogP contribution in [0.15, 0.2) is 48.5 Å². The summed E-state index contributed by atoms with van der Waals surface area (Å²) < 4.78 is 2.34. The van der Waals surface area contributed by atoms with E-state index in [-0.39, 0.29) is 5.56 Å². The molecule has 3 heterocycles. The number of pyridine rings is 1. The van der Waals surface area contributed by atoms with E-state index in [2.05, 4.69) is 39.9 Å². The predicted molar refractivity (Wildman–Crippen MR) is 140 cm³/mol. The zero-order valence-corrected chi connectivity index (χ0v) is 20.6. The number of aromatic carboxylic acids is 1. The monoisotopic (exact) mass is 482 g/mol. The maximum Gasteiger partial charge on any atom is 0.335 e. The smallest absolute Gasteiger partial charge is 0.335 e. The van der Waals surface area contributed by atoms with Gasteiger partial charge in [-0.1, -0.05) is 25.3 Å². The van der Waals surface area contributed by atoms with Gasteiger partial charge in [0, 0.05) is 17.0 Å². The first-order valence-corrected chi connectivity index (χ1v) is 12.9. The van der Waals surface area contributed by atoms with Gasteiger partial charge in [0.1, 0.15) is 5.82 Å². The molecule has 6 nitrogen and oxygen atoms in total. The molecule has 0 radical (unpaired) electrons. The second kappa shape index (κ2) is 8.57. The van der Waals surface area contributed by atoms with Crippen LogP contribution in [0.1, 0.15) is 59.2 Å². The first-order valence-electron chi connectivity index (χ1n) is 12.1. The van der Waals surface area contributed by atoms with Crippen molar-refractivity contribution in [3.8, 4) is 22.0 Å². The second-order valence-electron chi connectivity index (χ2n) is 9.36. The molecule has 0 spiro atoms. The number of benzene rings is 2. The SMILES string of the molecule is Cc1nc(C)c(-c2ccc3cc(-c4nc5cc(C(=O)O)ccc5n4C4CCCCC4)ccc3n2)s1. The molecule has 0 unspecified atom stereocenters. The van der Waals surface area contributed by atoms with Crippen molar-refractivity contribution in [1.29, 1.82) is 0 Å². The summed E-state index contributed by atoms with van der Waals surface area (Å²) in [5.41, 5.74) is 5.92. The van der Waals surface area contributed by atoms with E-state index in [0.29, 0.717) is 6.04 Å². The van der Waals surface area contributed by atoms with Crippen LogP contribution in [0.3, 0.4) is 0 Å². The van der Waals surface area contributed by atoms with Gasteiger partial charge in [-0.2, -0.15) is 0 Å². The molecule has 5 aromatic rings. The Labute approximate surface area is 207 Å². The zero-order chi connectivity index (χ0) is 24.1. The molecule has 0 bridgehead atoms. The molecule has 2 aromatic carbocycles. The van der Waals surface area contributed by atoms with E-state index in [4.69, 9.17) is 9.97 Å². The number of carbonyl (C=O) groups is 1. The predicted octanol–water partition coefficient (Wildman–Crippen LogP) is 7.20. The van der Waals surface area contributed by atoms with Gasteiger partial charge >= 0.3 is 5.97 Å². The molecule has 0 amide bonds. The van der Waals surface area contributed by atoms with Gasteiger partial charge in [0.15, 0.2) is 0 Å². The molecule has 1 N–H and O–H groups in total. The minimum Gasteiger partial charge on any atom is -0.478 e. The summed E-state index contributed by atoms with van der Waals surface area (Å²) in [4.78, 5) is 27.1. The Bertz CT molecular complexity index is 1590. The van der Waals surface area contributed by atoms with Crippen molar-refractivity contribution in [3.05, 3.63) is 64.8 Å². The third-order valence-electron chi connectivity index (χ3n) is 6.96. The summed E-state index contributed by atoms with van der Waals surface area (Å²) >= 11 is 1.67. The van der Waals surface area contributed by atoms with Crippen LogP contribution in [-0.4, -0.2) is 30.6 Å². The van der Waals surface area contributed by atoms with Crippen LogP contribution in [0.2, 0.25) is 0 Å². The highest BCUT2D eigenvalue weighted by molar-refractivity contribution is 7.15. The molecule has 3 aromatic heterocycles. The first-order chi connectivity index (χ1) is 17.0. The molecule has 0 aliphatic heterocycles. The third-order valence-corrected chi connectivity index (χ3v) is 8.06. The fraction of sp³-hybridized carbons (Fsp3) is 0.286. The van der Waals surface area contributed by atoms with E-state index < -0.39 is 5.97 Å². The van der Waals surface area contributed by atoms with E-state index in [1.54, 1.807) is 23.5 Å². The molecule has 6 rings (SSSR count). The minimum atomic E-state index is -0.931. The van der Waals surface area contributed by atoms with Crippen LogP contribution < -0.4 is 0 Å². The number of hydrogen-bond donors (Lipinski definition) is 1. The first kappa shape index (κ1) is 21.9. The molecular weight excluding hydrogens is 456 g/mol. The number of aryl methyl sites for hydroxylation is 2. The molecule has 1 aliphatic carbocycles. The third kappa shape index (κ3) is 3.90. The lowest BCUT2D eigenvalue weighted by molar-refractivity contribution is 0.0697. The number of hydrogen-bond acceptors (Lipinski definition) is 5. The van der Waals surface area contributed by atoms with Gasteiger partial charge in [0.05, 0.1) is 43.4 Å². The van der Waals surface area contributed by atoms with E-state index >= 15 is 0 Å². The lowest BCUT2D eigenvalue weighted by atomic mass is 9.94. The minimum absolute atomic E-state index is 0.265. The van der Waals surface area contributed by atoms with Gasteiger partial charge in [-0.3, -0.25) is 0 Å². The Balaban J connectivity index is 1.48. The van der Waals surface area contributed by atoms with Crippen molar-refractivity contribution in [2.75, 3.05) is 0 Å². The van der Waals surface area contributed by atoms with E-state index in [1.807, 2.05) is 19.9 Å². The van der Waals surface area contributed by atoms with Gasteiger partial charge in [0.2, 0.25) is 0 Å². The van der Waals surface area contributed by atoms with Crippen LogP contribution in [0.4, 0.5) is 0 Å². The van der Waals surface area contributed by atoms with Crippen LogP contribution in [0.25, 0.3) is 43.9 Å². The summed E-state index contributed by atoms with van der Waals surface area (Å²) in [6.07, 6.45) is 5.91. The van der Waals surface area contributed by atoms with Gasteiger partial charge in [0.25, 0.3) is 0 Å². The number of nitrogens with zero attached hydrogens (tertiary/aromatic N) is 4. The largest absolute Gasteiger partial charge is 0.478 e. The molecule has 1 saturated carbocycles. The maximum atomic E-state index is 11.6. The molecule has 1 fully saturated rings. The quantitative estimate of drug-likeness (QED) is 0.293. The number of rotatable bonds is 4. The molecular formula is C28H26N4O2S. The van der Waals surface area contributed by atoms with Gasteiger partial charge in [-0.05, 0) is 69.2 Å². The van der Waals surface area contributed by atoms with Crippen molar-refractivity contribution < 1.29 is 9.90 Å². The van der Waals surface area contributed by atoms with Crippen molar-refractivity contribution in [3.63, 3.8) is 0 Å². The van der Waals surface area contributed by atoms with Crippen molar-refractivity contribution >= 4 is 39.2 Å². The van der Waals surface area contributed by atoms with E-state index in [0.717, 1.165) is 67.4 Å². The summed E-state index contributed by atoms with van der Waals surface area (Å²) in [6.45, 7) is 4.05. The fourth-order valence-corrected chi connectivity index (χ4v) is 6.19. The average molecular weight is 483 g/mol. The van der Waals surface area contributed by atoms with Crippen molar-refractivity contribution in [2.45, 2.75) is 52.0 Å². The Morgan fingerprint density at radius 3 is 2.51 bits per heavy atom. The number of aromatic nitrogens is 4. The van der Waals surface area contributed by atoms with Crippen LogP contribution >= 0.6 is 11.3 Å². The second-order valence-corrected chi connectivity index (χ2v) is 10.6. The van der Waals surface area contributed by atoms with Gasteiger partial charge in [-0.25, -0.2) is 19.7 Å². The number of imidazole rings is 1. The standard InChI is InChI=1S/C28H26N4O2S/c1-16-26(35-17(2)29-16)23-12-8-18-14-19(9-11-22(18)30-23)27-31-24-15-20(28(33)34)10-13-25(24)32(27)21-6-4-3-5-7-21/h8-15,21H,3-7H2,1-2H3,(H,33,34). The molecule has 0 atom stereocenters. The molecule has 176 valence electrons. The zero-order valence-electron chi connectivity index (χ0n) is 19.8. The average Bonchev–Trinajstić information content (AvgIpc) is 3.42. The van der Waals surface area contributed by atoms with Crippen LogP contribution in [0, 0.1) is 13.8 Å². The topological polar surface area (TPSA) is 80.9 Å². The molecule has 35 heavy (non-hydrogen) atoms. The number of carboxylic acid groups (broad SMARTS) is 1. The maximum absolute atomic E-state index is 11.6. The van der Waals surface area contributed by atoms with Gasteiger partial charge in [-0.15, -0.1) is 11.3 Å².